The summed E-state index contributed by atoms with van der Waals surface area (Å²) in [7, 11) is -0.343. The van der Waals surface area contributed by atoms with Gasteiger partial charge in [-0.1, -0.05) is 0 Å². The number of rotatable bonds is 1. The van der Waals surface area contributed by atoms with Crippen LogP contribution in [0.25, 0.3) is 0 Å². The molecule has 0 amide bonds. The highest BCUT2D eigenvalue weighted by Crippen LogP contribution is 2.36. The van der Waals surface area contributed by atoms with Crippen molar-refractivity contribution in [3.63, 3.8) is 0 Å². The lowest BCUT2D eigenvalue weighted by Gasteiger charge is -2.32. The van der Waals surface area contributed by atoms with Gasteiger partial charge in [0, 0.05) is 6.20 Å². The second-order valence-electron chi connectivity index (χ2n) is 4.69. The molecule has 16 heavy (non-hydrogen) atoms. The van der Waals surface area contributed by atoms with E-state index in [9.17, 15) is 0 Å². The summed E-state index contributed by atoms with van der Waals surface area (Å²) in [6, 6.07) is 0. The fourth-order valence-electron chi connectivity index (χ4n) is 1.37. The van der Waals surface area contributed by atoms with Gasteiger partial charge >= 0.3 is 7.12 Å². The highest BCUT2D eigenvalue weighted by Gasteiger charge is 2.52. The monoisotopic (exact) mass is 262 g/mol. The second-order valence-corrected chi connectivity index (χ2v) is 5.78. The number of hydrogen-bond acceptors (Lipinski definition) is 5. The molecule has 0 saturated carbocycles. The minimum Gasteiger partial charge on any atom is -0.399 e. The van der Waals surface area contributed by atoms with Crippen molar-refractivity contribution in [1.29, 1.82) is 0 Å². The molecule has 1 fully saturated rings. The molecular formula is C9H16BClN2O2S. The molecule has 2 rings (SSSR count). The Labute approximate surface area is 106 Å². The predicted octanol–water partition coefficient (Wildman–Crippen LogP) is 1.45. The minimum atomic E-state index is -0.343. The Morgan fingerprint density at radius 2 is 1.75 bits per heavy atom. The van der Waals surface area contributed by atoms with Gasteiger partial charge in [0.2, 0.25) is 0 Å². The molecule has 0 unspecified atom stereocenters. The predicted molar refractivity (Wildman–Crippen MR) is 69.5 cm³/mol. The molecule has 1 aromatic rings. The fourth-order valence-corrected chi connectivity index (χ4v) is 2.01. The Morgan fingerprint density at radius 3 is 2.12 bits per heavy atom. The first-order chi connectivity index (χ1) is 6.82. The number of hydrogen-bond donors (Lipinski definition) is 1. The van der Waals surface area contributed by atoms with Crippen LogP contribution in [0.5, 0.6) is 0 Å². The Hall–Kier alpha value is -0.295. The zero-order valence-corrected chi connectivity index (χ0v) is 11.4. The lowest BCUT2D eigenvalue weighted by atomic mass is 9.89. The van der Waals surface area contributed by atoms with Gasteiger partial charge in [0.05, 0.1) is 16.0 Å². The average Bonchev–Trinajstić information content (AvgIpc) is 2.56. The second kappa shape index (κ2) is 4.18. The van der Waals surface area contributed by atoms with Gasteiger partial charge in [-0.2, -0.15) is 0 Å². The van der Waals surface area contributed by atoms with Crippen LogP contribution in [0, 0.1) is 0 Å². The van der Waals surface area contributed by atoms with E-state index in [4.69, 9.17) is 15.0 Å². The third kappa shape index (κ3) is 2.20. The molecule has 0 atom stereocenters. The summed E-state index contributed by atoms with van der Waals surface area (Å²) in [5.74, 6) is 0. The lowest BCUT2D eigenvalue weighted by molar-refractivity contribution is 0.00578. The van der Waals surface area contributed by atoms with Crippen LogP contribution in [0.3, 0.4) is 0 Å². The molecule has 7 heteroatoms. The smallest absolute Gasteiger partial charge is 0.399 e. The summed E-state index contributed by atoms with van der Waals surface area (Å²) in [5.41, 5.74) is 4.96. The highest BCUT2D eigenvalue weighted by molar-refractivity contribution is 7.25. The molecule has 1 aliphatic heterocycles. The quantitative estimate of drug-likeness (QED) is 0.778. The van der Waals surface area contributed by atoms with Crippen molar-refractivity contribution in [2.45, 2.75) is 38.9 Å². The van der Waals surface area contributed by atoms with Crippen molar-refractivity contribution >= 4 is 40.8 Å². The normalized spacial score (nSPS) is 21.9. The maximum Gasteiger partial charge on any atom is 0.507 e. The molecule has 0 aromatic carbocycles. The van der Waals surface area contributed by atoms with E-state index in [0.717, 1.165) is 4.78 Å². The SMILES string of the molecule is CC1(C)OB(c2cnc(N)s2)OC1(C)C.Cl. The van der Waals surface area contributed by atoms with Crippen LogP contribution in [-0.4, -0.2) is 23.3 Å². The molecule has 2 N–H and O–H groups in total. The van der Waals surface area contributed by atoms with E-state index in [0.29, 0.717) is 5.13 Å². The Balaban J connectivity index is 0.00000128. The maximum absolute atomic E-state index is 5.86. The number of nitrogens with zero attached hydrogens (tertiary/aromatic N) is 1. The molecule has 1 saturated heterocycles. The summed E-state index contributed by atoms with van der Waals surface area (Å²) in [6.45, 7) is 8.10. The third-order valence-electron chi connectivity index (χ3n) is 3.03. The van der Waals surface area contributed by atoms with Gasteiger partial charge in [0.1, 0.15) is 0 Å². The van der Waals surface area contributed by atoms with E-state index in [1.165, 1.54) is 11.3 Å². The first-order valence-electron chi connectivity index (χ1n) is 4.89. The van der Waals surface area contributed by atoms with Crippen LogP contribution in [-0.2, 0) is 9.31 Å². The van der Waals surface area contributed by atoms with E-state index in [1.807, 2.05) is 27.7 Å². The zero-order chi connectivity index (χ0) is 11.3. The van der Waals surface area contributed by atoms with Gasteiger partial charge in [0.25, 0.3) is 0 Å². The van der Waals surface area contributed by atoms with Gasteiger partial charge in [0.15, 0.2) is 5.13 Å². The molecule has 0 spiro atoms. The molecule has 90 valence electrons. The summed E-state index contributed by atoms with van der Waals surface area (Å²) in [4.78, 5) is 3.99. The van der Waals surface area contributed by atoms with Crippen LogP contribution in [0.4, 0.5) is 5.13 Å². The van der Waals surface area contributed by atoms with Crippen molar-refractivity contribution in [3.05, 3.63) is 6.20 Å². The molecule has 0 bridgehead atoms. The number of halogens is 1. The minimum absolute atomic E-state index is 0. The Kier molecular flexibility index (Phi) is 3.60. The summed E-state index contributed by atoms with van der Waals surface area (Å²) in [5, 5.41) is 0.541. The number of nitrogen functional groups attached to an aromatic ring is 1. The van der Waals surface area contributed by atoms with Gasteiger partial charge in [-0.25, -0.2) is 4.98 Å². The standard InChI is InChI=1S/C9H15BN2O2S.ClH/c1-8(2)9(3,4)14-10(13-8)6-5-12-7(11)15-6;/h5H,1-4H3,(H2,11,12);1H. The fraction of sp³-hybridized carbons (Fsp3) is 0.667. The topological polar surface area (TPSA) is 57.4 Å². The van der Waals surface area contributed by atoms with Crippen LogP contribution in [0.15, 0.2) is 6.20 Å². The van der Waals surface area contributed by atoms with E-state index in [1.54, 1.807) is 6.20 Å². The lowest BCUT2D eigenvalue weighted by Crippen LogP contribution is -2.41. The van der Waals surface area contributed by atoms with Crippen LogP contribution in [0.2, 0.25) is 0 Å². The summed E-state index contributed by atoms with van der Waals surface area (Å²) >= 11 is 1.40. The number of aromatic nitrogens is 1. The first-order valence-corrected chi connectivity index (χ1v) is 5.70. The van der Waals surface area contributed by atoms with Crippen molar-refractivity contribution in [1.82, 2.24) is 4.98 Å². The number of anilines is 1. The van der Waals surface area contributed by atoms with Crippen molar-refractivity contribution in [3.8, 4) is 0 Å². The molecule has 0 radical (unpaired) electrons. The Morgan fingerprint density at radius 1 is 1.25 bits per heavy atom. The van der Waals surface area contributed by atoms with E-state index in [2.05, 4.69) is 4.98 Å². The van der Waals surface area contributed by atoms with Crippen LogP contribution >= 0.6 is 23.7 Å². The number of thiazole rings is 1. The number of nitrogens with two attached hydrogens (primary N) is 1. The third-order valence-corrected chi connectivity index (χ3v) is 3.88. The van der Waals surface area contributed by atoms with Gasteiger partial charge in [-0.3, -0.25) is 0 Å². The van der Waals surface area contributed by atoms with Gasteiger partial charge in [-0.15, -0.1) is 23.7 Å². The van der Waals surface area contributed by atoms with E-state index >= 15 is 0 Å². The van der Waals surface area contributed by atoms with Crippen molar-refractivity contribution < 1.29 is 9.31 Å². The van der Waals surface area contributed by atoms with Crippen LogP contribution in [0.1, 0.15) is 27.7 Å². The molecule has 2 heterocycles. The van der Waals surface area contributed by atoms with Crippen molar-refractivity contribution in [2.75, 3.05) is 5.73 Å². The van der Waals surface area contributed by atoms with Gasteiger partial charge in [-0.05, 0) is 27.7 Å². The molecule has 4 nitrogen and oxygen atoms in total. The average molecular weight is 263 g/mol. The van der Waals surface area contributed by atoms with E-state index < -0.39 is 0 Å². The van der Waals surface area contributed by atoms with Crippen molar-refractivity contribution in [2.24, 2.45) is 0 Å². The summed E-state index contributed by atoms with van der Waals surface area (Å²) < 4.78 is 12.6. The first kappa shape index (κ1) is 13.8. The Bertz CT molecular complexity index is 367. The maximum atomic E-state index is 5.86. The molecule has 0 aliphatic carbocycles. The largest absolute Gasteiger partial charge is 0.507 e. The highest BCUT2D eigenvalue weighted by atomic mass is 35.5. The molecule has 1 aromatic heterocycles. The van der Waals surface area contributed by atoms with E-state index in [-0.39, 0.29) is 30.7 Å². The molecule has 1 aliphatic rings. The van der Waals surface area contributed by atoms with Crippen LogP contribution < -0.4 is 10.5 Å². The zero-order valence-electron chi connectivity index (χ0n) is 9.81. The van der Waals surface area contributed by atoms with Gasteiger partial charge < -0.3 is 15.0 Å². The summed E-state index contributed by atoms with van der Waals surface area (Å²) in [6.07, 6.45) is 1.71. The molecular weight excluding hydrogens is 246 g/mol.